The van der Waals surface area contributed by atoms with Gasteiger partial charge in [0.1, 0.15) is 0 Å². The highest BCUT2D eigenvalue weighted by Crippen LogP contribution is 2.23. The number of amides is 1. The minimum atomic E-state index is -0.207. The van der Waals surface area contributed by atoms with Gasteiger partial charge in [0.25, 0.3) is 5.91 Å². The molecule has 1 aromatic heterocycles. The first-order valence-corrected chi connectivity index (χ1v) is 6.23. The van der Waals surface area contributed by atoms with E-state index in [9.17, 15) is 4.79 Å². The summed E-state index contributed by atoms with van der Waals surface area (Å²) in [7, 11) is 3.81. The van der Waals surface area contributed by atoms with Crippen molar-refractivity contribution in [2.24, 2.45) is 0 Å². The lowest BCUT2D eigenvalue weighted by molar-refractivity contribution is 0.102. The maximum absolute atomic E-state index is 11.9. The first kappa shape index (κ1) is 12.4. The van der Waals surface area contributed by atoms with E-state index < -0.39 is 0 Å². The number of hydrogen-bond acceptors (Lipinski definition) is 5. The monoisotopic (exact) mass is 262 g/mol. The molecule has 94 valence electrons. The Bertz CT molecular complexity index is 551. The van der Waals surface area contributed by atoms with Crippen molar-refractivity contribution in [3.05, 3.63) is 35.3 Å². The van der Waals surface area contributed by atoms with E-state index in [4.69, 9.17) is 5.73 Å². The van der Waals surface area contributed by atoms with Gasteiger partial charge < -0.3 is 10.6 Å². The Morgan fingerprint density at radius 2 is 2.22 bits per heavy atom. The average molecular weight is 262 g/mol. The Labute approximate surface area is 109 Å². The minimum Gasteiger partial charge on any atom is -0.397 e. The fraction of sp³-hybridized carbons (Fsp3) is 0.167. The summed E-state index contributed by atoms with van der Waals surface area (Å²) in [5.74, 6) is -0.207. The molecule has 2 aromatic rings. The number of carbonyl (C=O) groups is 1. The maximum Gasteiger partial charge on any atom is 0.257 e. The summed E-state index contributed by atoms with van der Waals surface area (Å²) in [5, 5.41) is 5.10. The second-order valence-electron chi connectivity index (χ2n) is 3.96. The Kier molecular flexibility index (Phi) is 3.47. The number of carbonyl (C=O) groups excluding carboxylic acids is 1. The molecule has 0 radical (unpaired) electrons. The van der Waals surface area contributed by atoms with E-state index in [0.29, 0.717) is 16.4 Å². The van der Waals surface area contributed by atoms with Crippen LogP contribution in [-0.4, -0.2) is 25.0 Å². The molecule has 3 N–H and O–H groups in total. The fourth-order valence-electron chi connectivity index (χ4n) is 1.56. The zero-order valence-electron chi connectivity index (χ0n) is 10.2. The summed E-state index contributed by atoms with van der Waals surface area (Å²) in [6, 6.07) is 5.24. The van der Waals surface area contributed by atoms with Crippen molar-refractivity contribution >= 4 is 33.8 Å². The predicted molar refractivity (Wildman–Crippen MR) is 75.2 cm³/mol. The summed E-state index contributed by atoms with van der Waals surface area (Å²) < 4.78 is 0. The Balaban J connectivity index is 2.19. The maximum atomic E-state index is 11.9. The molecule has 0 spiro atoms. The molecule has 0 fully saturated rings. The topological polar surface area (TPSA) is 71.2 Å². The van der Waals surface area contributed by atoms with Gasteiger partial charge in [-0.3, -0.25) is 10.1 Å². The van der Waals surface area contributed by atoms with Gasteiger partial charge in [-0.05, 0) is 18.2 Å². The van der Waals surface area contributed by atoms with E-state index in [-0.39, 0.29) is 5.91 Å². The predicted octanol–water partition coefficient (Wildman–Crippen LogP) is 2.04. The zero-order valence-corrected chi connectivity index (χ0v) is 11.0. The van der Waals surface area contributed by atoms with Gasteiger partial charge in [0.15, 0.2) is 5.13 Å². The van der Waals surface area contributed by atoms with Crippen LogP contribution in [0.3, 0.4) is 0 Å². The molecule has 0 atom stereocenters. The highest BCUT2D eigenvalue weighted by atomic mass is 32.1. The van der Waals surface area contributed by atoms with Crippen molar-refractivity contribution in [3.8, 4) is 0 Å². The first-order chi connectivity index (χ1) is 8.58. The third-order valence-corrected chi connectivity index (χ3v) is 3.11. The highest BCUT2D eigenvalue weighted by Gasteiger charge is 2.10. The number of aromatic nitrogens is 1. The largest absolute Gasteiger partial charge is 0.397 e. The second-order valence-corrected chi connectivity index (χ2v) is 4.85. The number of nitrogens with one attached hydrogen (secondary N) is 1. The van der Waals surface area contributed by atoms with Gasteiger partial charge in [-0.2, -0.15) is 0 Å². The van der Waals surface area contributed by atoms with Crippen molar-refractivity contribution in [2.75, 3.05) is 30.0 Å². The van der Waals surface area contributed by atoms with Gasteiger partial charge in [0, 0.05) is 31.2 Å². The minimum absolute atomic E-state index is 0.207. The number of nitrogen functional groups attached to an aromatic ring is 1. The number of nitrogens with zero attached hydrogens (tertiary/aromatic N) is 2. The highest BCUT2D eigenvalue weighted by molar-refractivity contribution is 7.13. The molecule has 1 amide bonds. The van der Waals surface area contributed by atoms with Crippen LogP contribution in [-0.2, 0) is 0 Å². The summed E-state index contributed by atoms with van der Waals surface area (Å²) in [6.45, 7) is 0. The molecule has 0 aliphatic carbocycles. The number of thiazole rings is 1. The molecule has 0 saturated carbocycles. The zero-order chi connectivity index (χ0) is 13.1. The lowest BCUT2D eigenvalue weighted by atomic mass is 10.1. The van der Waals surface area contributed by atoms with E-state index in [0.717, 1.165) is 5.69 Å². The molecule has 5 nitrogen and oxygen atoms in total. The van der Waals surface area contributed by atoms with Gasteiger partial charge in [0.2, 0.25) is 0 Å². The van der Waals surface area contributed by atoms with E-state index in [1.54, 1.807) is 23.7 Å². The van der Waals surface area contributed by atoms with Gasteiger partial charge >= 0.3 is 0 Å². The van der Waals surface area contributed by atoms with Crippen molar-refractivity contribution in [1.82, 2.24) is 4.98 Å². The molecule has 0 aliphatic heterocycles. The fourth-order valence-corrected chi connectivity index (χ4v) is 2.08. The van der Waals surface area contributed by atoms with Gasteiger partial charge in [-0.25, -0.2) is 4.98 Å². The number of rotatable bonds is 3. The Hall–Kier alpha value is -2.08. The van der Waals surface area contributed by atoms with Crippen LogP contribution in [0.2, 0.25) is 0 Å². The lowest BCUT2D eigenvalue weighted by Gasteiger charge is -2.15. The Morgan fingerprint density at radius 1 is 1.44 bits per heavy atom. The smallest absolute Gasteiger partial charge is 0.257 e. The van der Waals surface area contributed by atoms with E-state index in [1.165, 1.54) is 11.3 Å². The van der Waals surface area contributed by atoms with Crippen LogP contribution in [0.4, 0.5) is 16.5 Å². The van der Waals surface area contributed by atoms with Gasteiger partial charge in [0.05, 0.1) is 11.4 Å². The normalized spacial score (nSPS) is 10.1. The van der Waals surface area contributed by atoms with E-state index in [1.807, 2.05) is 25.1 Å². The third-order valence-electron chi connectivity index (χ3n) is 2.42. The molecule has 0 saturated heterocycles. The average Bonchev–Trinajstić information content (AvgIpc) is 2.81. The van der Waals surface area contributed by atoms with Crippen LogP contribution >= 0.6 is 11.3 Å². The van der Waals surface area contributed by atoms with Crippen molar-refractivity contribution in [2.45, 2.75) is 0 Å². The molecule has 0 aliphatic rings. The quantitative estimate of drug-likeness (QED) is 0.830. The van der Waals surface area contributed by atoms with Crippen molar-refractivity contribution in [3.63, 3.8) is 0 Å². The number of benzene rings is 1. The van der Waals surface area contributed by atoms with Crippen LogP contribution in [0.15, 0.2) is 29.8 Å². The first-order valence-electron chi connectivity index (χ1n) is 5.35. The number of anilines is 3. The summed E-state index contributed by atoms with van der Waals surface area (Å²) >= 11 is 1.38. The molecule has 1 heterocycles. The molecule has 1 aromatic carbocycles. The van der Waals surface area contributed by atoms with E-state index >= 15 is 0 Å². The molecule has 0 bridgehead atoms. The SMILES string of the molecule is CN(C)c1ccc(C(=O)Nc2nccs2)cc1N. The molecule has 18 heavy (non-hydrogen) atoms. The Morgan fingerprint density at radius 3 is 2.78 bits per heavy atom. The number of nitrogens with two attached hydrogens (primary N) is 1. The molecule has 6 heteroatoms. The lowest BCUT2D eigenvalue weighted by Crippen LogP contribution is -2.14. The second kappa shape index (κ2) is 5.05. The third kappa shape index (κ3) is 2.60. The van der Waals surface area contributed by atoms with Crippen LogP contribution < -0.4 is 16.0 Å². The summed E-state index contributed by atoms with van der Waals surface area (Å²) in [4.78, 5) is 17.8. The van der Waals surface area contributed by atoms with Crippen LogP contribution in [0.25, 0.3) is 0 Å². The van der Waals surface area contributed by atoms with Crippen LogP contribution in [0.1, 0.15) is 10.4 Å². The van der Waals surface area contributed by atoms with Gasteiger partial charge in [-0.15, -0.1) is 11.3 Å². The molecule has 2 rings (SSSR count). The number of hydrogen-bond donors (Lipinski definition) is 2. The summed E-state index contributed by atoms with van der Waals surface area (Å²) in [6.07, 6.45) is 1.64. The standard InChI is InChI=1S/C12H14N4OS/c1-16(2)10-4-3-8(7-9(10)13)11(17)15-12-14-5-6-18-12/h3-7H,13H2,1-2H3,(H,14,15,17). The van der Waals surface area contributed by atoms with E-state index in [2.05, 4.69) is 10.3 Å². The van der Waals surface area contributed by atoms with Crippen LogP contribution in [0, 0.1) is 0 Å². The molecule has 0 unspecified atom stereocenters. The van der Waals surface area contributed by atoms with Gasteiger partial charge in [-0.1, -0.05) is 0 Å². The molecular formula is C12H14N4OS. The van der Waals surface area contributed by atoms with Crippen molar-refractivity contribution < 1.29 is 4.79 Å². The van der Waals surface area contributed by atoms with Crippen LogP contribution in [0.5, 0.6) is 0 Å². The summed E-state index contributed by atoms with van der Waals surface area (Å²) in [5.41, 5.74) is 7.89. The van der Waals surface area contributed by atoms with Crippen molar-refractivity contribution in [1.29, 1.82) is 0 Å². The molecular weight excluding hydrogens is 248 g/mol.